The van der Waals surface area contributed by atoms with Crippen molar-refractivity contribution in [3.63, 3.8) is 0 Å². The number of hydrogen-bond donors (Lipinski definition) is 1. The topological polar surface area (TPSA) is 78.3 Å². The first kappa shape index (κ1) is 23.0. The largest absolute Gasteiger partial charge is 0.490 e. The number of carbonyl (C=O) groups excluding carboxylic acids is 1. The Morgan fingerprint density at radius 1 is 1.18 bits per heavy atom. The van der Waals surface area contributed by atoms with Gasteiger partial charge in [0, 0.05) is 28.5 Å². The summed E-state index contributed by atoms with van der Waals surface area (Å²) >= 11 is 3.54. The van der Waals surface area contributed by atoms with Crippen molar-refractivity contribution in [2.45, 2.75) is 32.7 Å². The molecule has 0 saturated carbocycles. The number of nitrogens with zero attached hydrogens (tertiary/aromatic N) is 3. The predicted molar refractivity (Wildman–Crippen MR) is 128 cm³/mol. The summed E-state index contributed by atoms with van der Waals surface area (Å²) in [6.07, 6.45) is 4.56. The number of ether oxygens (including phenoxy) is 2. The molecule has 9 heteroatoms. The van der Waals surface area contributed by atoms with Crippen LogP contribution in [0.25, 0.3) is 21.9 Å². The highest BCUT2D eigenvalue weighted by Gasteiger charge is 2.15. The maximum absolute atomic E-state index is 13.6. The molecule has 0 spiro atoms. The van der Waals surface area contributed by atoms with Gasteiger partial charge in [0.15, 0.2) is 11.5 Å². The molecule has 0 bridgehead atoms. The third kappa shape index (κ3) is 5.24. The van der Waals surface area contributed by atoms with Crippen molar-refractivity contribution in [1.29, 1.82) is 0 Å². The van der Waals surface area contributed by atoms with Crippen LogP contribution in [0.4, 0.5) is 9.18 Å². The van der Waals surface area contributed by atoms with Gasteiger partial charge in [-0.1, -0.05) is 15.9 Å². The third-order valence-corrected chi connectivity index (χ3v) is 5.78. The van der Waals surface area contributed by atoms with Gasteiger partial charge < -0.3 is 19.4 Å². The summed E-state index contributed by atoms with van der Waals surface area (Å²) in [5.74, 6) is -0.125. The molecule has 2 aromatic heterocycles. The zero-order valence-electron chi connectivity index (χ0n) is 18.3. The lowest BCUT2D eigenvalue weighted by molar-refractivity contribution is 0.197. The van der Waals surface area contributed by atoms with Crippen LogP contribution in [-0.2, 0) is 0 Å². The first-order valence-corrected chi connectivity index (χ1v) is 11.5. The van der Waals surface area contributed by atoms with E-state index in [4.69, 9.17) is 9.47 Å². The lowest BCUT2D eigenvalue weighted by Crippen LogP contribution is -2.26. The van der Waals surface area contributed by atoms with E-state index in [9.17, 15) is 9.18 Å². The van der Waals surface area contributed by atoms with E-state index < -0.39 is 11.9 Å². The van der Waals surface area contributed by atoms with Crippen molar-refractivity contribution in [2.24, 2.45) is 0 Å². The Hall–Kier alpha value is -3.20. The van der Waals surface area contributed by atoms with Crippen LogP contribution in [0.15, 0.2) is 53.4 Å². The van der Waals surface area contributed by atoms with Gasteiger partial charge in [-0.05, 0) is 57.0 Å². The zero-order chi connectivity index (χ0) is 23.4. The van der Waals surface area contributed by atoms with Crippen molar-refractivity contribution < 1.29 is 18.7 Å². The molecule has 4 rings (SSSR count). The molecule has 7 nitrogen and oxygen atoms in total. The molecule has 33 heavy (non-hydrogen) atoms. The lowest BCUT2D eigenvalue weighted by Gasteiger charge is -2.16. The fraction of sp³-hybridized carbons (Fsp3) is 0.292. The van der Waals surface area contributed by atoms with Crippen LogP contribution in [0.3, 0.4) is 0 Å². The van der Waals surface area contributed by atoms with Gasteiger partial charge in [0.2, 0.25) is 0 Å². The minimum absolute atomic E-state index is 0.0548. The van der Waals surface area contributed by atoms with Crippen molar-refractivity contribution in [1.82, 2.24) is 19.9 Å². The number of carbonyl (C=O) groups is 1. The number of amides is 1. The van der Waals surface area contributed by atoms with Gasteiger partial charge in [-0.25, -0.2) is 14.2 Å². The molecule has 0 aliphatic rings. The van der Waals surface area contributed by atoms with Crippen LogP contribution in [-0.4, -0.2) is 33.8 Å². The van der Waals surface area contributed by atoms with Crippen molar-refractivity contribution in [3.8, 4) is 11.5 Å². The number of nitrogens with one attached hydrogen (secondary N) is 1. The highest BCUT2D eigenvalue weighted by molar-refractivity contribution is 9.10. The summed E-state index contributed by atoms with van der Waals surface area (Å²) in [6.45, 7) is 4.70. The third-order valence-electron chi connectivity index (χ3n) is 5.29. The SMILES string of the molecule is CCNC(=O)Oc1cc(F)ccc1OCCCC(C)n1cnc2cnc3ccc(Br)cc3c21. The highest BCUT2D eigenvalue weighted by atomic mass is 79.9. The smallest absolute Gasteiger partial charge is 0.412 e. The summed E-state index contributed by atoms with van der Waals surface area (Å²) in [7, 11) is 0. The van der Waals surface area contributed by atoms with Gasteiger partial charge in [0.05, 0.1) is 30.2 Å². The minimum atomic E-state index is -0.651. The molecule has 0 aliphatic carbocycles. The van der Waals surface area contributed by atoms with Gasteiger partial charge in [0.1, 0.15) is 11.3 Å². The molecule has 0 fully saturated rings. The molecule has 1 amide bonds. The minimum Gasteiger partial charge on any atom is -0.490 e. The molecule has 0 aliphatic heterocycles. The molecule has 1 atom stereocenters. The van der Waals surface area contributed by atoms with E-state index in [1.807, 2.05) is 18.5 Å². The van der Waals surface area contributed by atoms with Gasteiger partial charge in [0.25, 0.3) is 0 Å². The van der Waals surface area contributed by atoms with Crippen LogP contribution in [0, 0.1) is 5.82 Å². The van der Waals surface area contributed by atoms with E-state index in [0.717, 1.165) is 45.3 Å². The number of hydrogen-bond acceptors (Lipinski definition) is 5. The van der Waals surface area contributed by atoms with Gasteiger partial charge in [-0.15, -0.1) is 0 Å². The fourth-order valence-electron chi connectivity index (χ4n) is 3.68. The highest BCUT2D eigenvalue weighted by Crippen LogP contribution is 2.30. The Kier molecular flexibility index (Phi) is 7.08. The van der Waals surface area contributed by atoms with Crippen LogP contribution in [0.5, 0.6) is 11.5 Å². The molecule has 1 unspecified atom stereocenters. The van der Waals surface area contributed by atoms with E-state index in [2.05, 4.69) is 48.8 Å². The number of pyridine rings is 1. The van der Waals surface area contributed by atoms with E-state index >= 15 is 0 Å². The first-order valence-electron chi connectivity index (χ1n) is 10.7. The Morgan fingerprint density at radius 3 is 2.85 bits per heavy atom. The second-order valence-corrected chi connectivity index (χ2v) is 8.57. The Labute approximate surface area is 199 Å². The van der Waals surface area contributed by atoms with Crippen molar-refractivity contribution in [2.75, 3.05) is 13.2 Å². The maximum Gasteiger partial charge on any atom is 0.412 e. The van der Waals surface area contributed by atoms with Gasteiger partial charge in [-0.2, -0.15) is 0 Å². The summed E-state index contributed by atoms with van der Waals surface area (Å²) in [4.78, 5) is 20.7. The second kappa shape index (κ2) is 10.2. The van der Waals surface area contributed by atoms with E-state index in [1.165, 1.54) is 12.1 Å². The molecular weight excluding hydrogens is 491 g/mol. The molecule has 2 aromatic carbocycles. The number of halogens is 2. The molecule has 172 valence electrons. The average Bonchev–Trinajstić information content (AvgIpc) is 3.23. The van der Waals surface area contributed by atoms with Crippen LogP contribution >= 0.6 is 15.9 Å². The van der Waals surface area contributed by atoms with Crippen LogP contribution in [0.1, 0.15) is 32.7 Å². The number of imidazole rings is 1. The number of aromatic nitrogens is 3. The van der Waals surface area contributed by atoms with Crippen LogP contribution in [0.2, 0.25) is 0 Å². The van der Waals surface area contributed by atoms with E-state index in [1.54, 1.807) is 13.1 Å². The van der Waals surface area contributed by atoms with Crippen molar-refractivity contribution >= 4 is 44.0 Å². The number of rotatable bonds is 8. The normalized spacial score (nSPS) is 12.1. The Balaban J connectivity index is 1.43. The predicted octanol–water partition coefficient (Wildman–Crippen LogP) is 6.01. The molecule has 1 N–H and O–H groups in total. The van der Waals surface area contributed by atoms with E-state index in [0.29, 0.717) is 18.9 Å². The van der Waals surface area contributed by atoms with E-state index in [-0.39, 0.29) is 11.8 Å². The average molecular weight is 515 g/mol. The molecular formula is C24H24BrFN4O3. The number of fused-ring (bicyclic) bond motifs is 3. The zero-order valence-corrected chi connectivity index (χ0v) is 19.9. The fourth-order valence-corrected chi connectivity index (χ4v) is 4.04. The quantitative estimate of drug-likeness (QED) is 0.291. The summed E-state index contributed by atoms with van der Waals surface area (Å²) in [5, 5.41) is 3.56. The Bertz CT molecular complexity index is 1290. The molecule has 2 heterocycles. The van der Waals surface area contributed by atoms with Gasteiger partial charge in [-0.3, -0.25) is 4.98 Å². The maximum atomic E-state index is 13.6. The van der Waals surface area contributed by atoms with Gasteiger partial charge >= 0.3 is 6.09 Å². The first-order chi connectivity index (χ1) is 16.0. The second-order valence-electron chi connectivity index (χ2n) is 7.66. The summed E-state index contributed by atoms with van der Waals surface area (Å²) < 4.78 is 27.7. The molecule has 0 saturated heterocycles. The summed E-state index contributed by atoms with van der Waals surface area (Å²) in [6, 6.07) is 10.1. The summed E-state index contributed by atoms with van der Waals surface area (Å²) in [5.41, 5.74) is 2.81. The monoisotopic (exact) mass is 514 g/mol. The molecule has 4 aromatic rings. The molecule has 0 radical (unpaired) electrons. The van der Waals surface area contributed by atoms with Crippen LogP contribution < -0.4 is 14.8 Å². The number of benzene rings is 2. The Morgan fingerprint density at radius 2 is 2.03 bits per heavy atom. The van der Waals surface area contributed by atoms with Crippen molar-refractivity contribution in [3.05, 3.63) is 59.2 Å². The standard InChI is InChI=1S/C24H24BrFN4O3/c1-3-27-24(31)33-22-12-17(26)7-9-21(22)32-10-4-5-15(2)30-14-29-20-13-28-19-8-6-16(25)11-18(19)23(20)30/h6-9,11-15H,3-5,10H2,1-2H3,(H,27,31). The lowest BCUT2D eigenvalue weighted by atomic mass is 10.1.